The van der Waals surface area contributed by atoms with Gasteiger partial charge < -0.3 is 0 Å². The third-order valence-electron chi connectivity index (χ3n) is 3.68. The number of benzene rings is 1. The van der Waals surface area contributed by atoms with E-state index in [4.69, 9.17) is 0 Å². The van der Waals surface area contributed by atoms with Crippen LogP contribution < -0.4 is 0 Å². The van der Waals surface area contributed by atoms with Crippen LogP contribution in [0, 0.1) is 0 Å². The summed E-state index contributed by atoms with van der Waals surface area (Å²) in [5, 5.41) is 4.57. The Labute approximate surface area is 127 Å². The molecule has 0 aliphatic carbocycles. The van der Waals surface area contributed by atoms with E-state index >= 15 is 0 Å². The van der Waals surface area contributed by atoms with E-state index in [9.17, 15) is 4.79 Å². The molecule has 0 fully saturated rings. The maximum absolute atomic E-state index is 11.3. The van der Waals surface area contributed by atoms with Gasteiger partial charge in [0.15, 0.2) is 6.29 Å². The lowest BCUT2D eigenvalue weighted by Gasteiger charge is -2.18. The van der Waals surface area contributed by atoms with Crippen LogP contribution in [0.2, 0.25) is 0 Å². The van der Waals surface area contributed by atoms with Gasteiger partial charge in [0.25, 0.3) is 0 Å². The molecule has 0 bridgehead atoms. The fraction of sp³-hybridized carbons (Fsp3) is 0.444. The molecule has 1 aromatic carbocycles. The first-order valence-corrected chi connectivity index (χ1v) is 7.59. The van der Waals surface area contributed by atoms with E-state index in [0.717, 1.165) is 36.9 Å². The SMILES string of the molecule is CCCCn1cc(C=O)c(-c2ccc(C(C)(C)C)cc2)n1. The molecular formula is C18H24N2O. The largest absolute Gasteiger partial charge is 0.298 e. The lowest BCUT2D eigenvalue weighted by atomic mass is 9.86. The summed E-state index contributed by atoms with van der Waals surface area (Å²) in [4.78, 5) is 11.3. The van der Waals surface area contributed by atoms with Crippen LogP contribution in [0.15, 0.2) is 30.5 Å². The Morgan fingerprint density at radius 3 is 2.38 bits per heavy atom. The van der Waals surface area contributed by atoms with Gasteiger partial charge in [-0.15, -0.1) is 0 Å². The number of rotatable bonds is 5. The van der Waals surface area contributed by atoms with Crippen molar-refractivity contribution < 1.29 is 4.79 Å². The van der Waals surface area contributed by atoms with Gasteiger partial charge in [0.1, 0.15) is 5.69 Å². The van der Waals surface area contributed by atoms with Crippen LogP contribution in [-0.2, 0) is 12.0 Å². The molecule has 3 nitrogen and oxygen atoms in total. The molecule has 2 aromatic rings. The molecular weight excluding hydrogens is 260 g/mol. The number of hydrogen-bond acceptors (Lipinski definition) is 2. The van der Waals surface area contributed by atoms with Crippen LogP contribution in [0.4, 0.5) is 0 Å². The zero-order valence-corrected chi connectivity index (χ0v) is 13.4. The van der Waals surface area contributed by atoms with Crippen molar-refractivity contribution in [3.05, 3.63) is 41.6 Å². The highest BCUT2D eigenvalue weighted by Gasteiger charge is 2.15. The summed E-state index contributed by atoms with van der Waals surface area (Å²) in [6.07, 6.45) is 4.92. The first-order chi connectivity index (χ1) is 9.95. The van der Waals surface area contributed by atoms with Gasteiger partial charge in [0.2, 0.25) is 0 Å². The molecule has 0 aliphatic rings. The van der Waals surface area contributed by atoms with Gasteiger partial charge in [-0.25, -0.2) is 0 Å². The van der Waals surface area contributed by atoms with Crippen LogP contribution in [0.3, 0.4) is 0 Å². The zero-order valence-electron chi connectivity index (χ0n) is 13.4. The van der Waals surface area contributed by atoms with Gasteiger partial charge >= 0.3 is 0 Å². The van der Waals surface area contributed by atoms with Gasteiger partial charge in [-0.1, -0.05) is 58.4 Å². The van der Waals surface area contributed by atoms with E-state index < -0.39 is 0 Å². The molecule has 3 heteroatoms. The molecule has 112 valence electrons. The van der Waals surface area contributed by atoms with E-state index in [1.807, 2.05) is 10.9 Å². The number of aromatic nitrogens is 2. The number of nitrogens with zero attached hydrogens (tertiary/aromatic N) is 2. The van der Waals surface area contributed by atoms with Crippen molar-refractivity contribution in [1.82, 2.24) is 9.78 Å². The Bertz CT molecular complexity index is 603. The fourth-order valence-electron chi connectivity index (χ4n) is 2.31. The number of aldehydes is 1. The van der Waals surface area contributed by atoms with E-state index in [1.165, 1.54) is 5.56 Å². The van der Waals surface area contributed by atoms with E-state index in [0.29, 0.717) is 5.56 Å². The Hall–Kier alpha value is -1.90. The number of carbonyl (C=O) groups excluding carboxylic acids is 1. The first kappa shape index (κ1) is 15.5. The van der Waals surface area contributed by atoms with E-state index in [1.54, 1.807) is 0 Å². The van der Waals surface area contributed by atoms with Gasteiger partial charge in [0.05, 0.1) is 5.56 Å². The zero-order chi connectivity index (χ0) is 15.5. The van der Waals surface area contributed by atoms with E-state index in [2.05, 4.69) is 57.1 Å². The predicted octanol–water partition coefficient (Wildman–Crippen LogP) is 4.46. The molecule has 0 saturated heterocycles. The Morgan fingerprint density at radius 2 is 1.86 bits per heavy atom. The van der Waals surface area contributed by atoms with Crippen LogP contribution >= 0.6 is 0 Å². The standard InChI is InChI=1S/C18H24N2O/c1-5-6-11-20-12-15(13-21)17(19-20)14-7-9-16(10-8-14)18(2,3)4/h7-10,12-13H,5-6,11H2,1-4H3. The molecule has 0 atom stereocenters. The number of unbranched alkanes of at least 4 members (excludes halogenated alkanes) is 1. The fourth-order valence-corrected chi connectivity index (χ4v) is 2.31. The van der Waals surface area contributed by atoms with Crippen molar-refractivity contribution in [2.75, 3.05) is 0 Å². The lowest BCUT2D eigenvalue weighted by molar-refractivity contribution is 0.112. The summed E-state index contributed by atoms with van der Waals surface area (Å²) in [6.45, 7) is 9.59. The number of carbonyl (C=O) groups is 1. The number of hydrogen-bond donors (Lipinski definition) is 0. The van der Waals surface area contributed by atoms with E-state index in [-0.39, 0.29) is 5.41 Å². The quantitative estimate of drug-likeness (QED) is 0.760. The second-order valence-corrected chi connectivity index (χ2v) is 6.49. The summed E-state index contributed by atoms with van der Waals surface area (Å²) in [5.41, 5.74) is 3.85. The van der Waals surface area contributed by atoms with Gasteiger partial charge in [-0.2, -0.15) is 5.10 Å². The van der Waals surface area contributed by atoms with Crippen LogP contribution in [0.5, 0.6) is 0 Å². The molecule has 0 N–H and O–H groups in total. The average molecular weight is 284 g/mol. The summed E-state index contributed by atoms with van der Waals surface area (Å²) in [7, 11) is 0. The Kier molecular flexibility index (Phi) is 4.61. The topological polar surface area (TPSA) is 34.9 Å². The van der Waals surface area contributed by atoms with Crippen molar-refractivity contribution in [2.24, 2.45) is 0 Å². The highest BCUT2D eigenvalue weighted by Crippen LogP contribution is 2.26. The Morgan fingerprint density at radius 1 is 1.19 bits per heavy atom. The summed E-state index contributed by atoms with van der Waals surface area (Å²) in [5.74, 6) is 0. The highest BCUT2D eigenvalue weighted by molar-refractivity contribution is 5.85. The molecule has 0 unspecified atom stereocenters. The molecule has 0 aliphatic heterocycles. The highest BCUT2D eigenvalue weighted by atomic mass is 16.1. The molecule has 0 amide bonds. The number of aryl methyl sites for hydroxylation is 1. The predicted molar refractivity (Wildman–Crippen MR) is 86.7 cm³/mol. The third kappa shape index (κ3) is 3.60. The molecule has 1 heterocycles. The average Bonchev–Trinajstić information content (AvgIpc) is 2.87. The minimum Gasteiger partial charge on any atom is -0.298 e. The molecule has 0 spiro atoms. The maximum Gasteiger partial charge on any atom is 0.153 e. The first-order valence-electron chi connectivity index (χ1n) is 7.59. The van der Waals surface area contributed by atoms with Crippen molar-refractivity contribution >= 4 is 6.29 Å². The maximum atomic E-state index is 11.3. The minimum absolute atomic E-state index is 0.131. The van der Waals surface area contributed by atoms with Gasteiger partial charge in [0, 0.05) is 18.3 Å². The van der Waals surface area contributed by atoms with Crippen molar-refractivity contribution in [3.63, 3.8) is 0 Å². The third-order valence-corrected chi connectivity index (χ3v) is 3.68. The molecule has 1 aromatic heterocycles. The normalized spacial score (nSPS) is 11.6. The second kappa shape index (κ2) is 6.25. The van der Waals surface area contributed by atoms with Crippen molar-refractivity contribution in [3.8, 4) is 11.3 Å². The minimum atomic E-state index is 0.131. The second-order valence-electron chi connectivity index (χ2n) is 6.49. The molecule has 2 rings (SSSR count). The summed E-state index contributed by atoms with van der Waals surface area (Å²) >= 11 is 0. The molecule has 0 radical (unpaired) electrons. The van der Waals surface area contributed by atoms with Gasteiger partial charge in [-0.05, 0) is 17.4 Å². The van der Waals surface area contributed by atoms with Crippen LogP contribution in [-0.4, -0.2) is 16.1 Å². The van der Waals surface area contributed by atoms with Crippen molar-refractivity contribution in [1.29, 1.82) is 0 Å². The summed E-state index contributed by atoms with van der Waals surface area (Å²) in [6, 6.07) is 8.35. The molecule has 21 heavy (non-hydrogen) atoms. The monoisotopic (exact) mass is 284 g/mol. The molecule has 0 saturated carbocycles. The van der Waals surface area contributed by atoms with Crippen LogP contribution in [0.25, 0.3) is 11.3 Å². The van der Waals surface area contributed by atoms with Gasteiger partial charge in [-0.3, -0.25) is 9.48 Å². The van der Waals surface area contributed by atoms with Crippen LogP contribution in [0.1, 0.15) is 56.5 Å². The summed E-state index contributed by atoms with van der Waals surface area (Å²) < 4.78 is 1.88. The smallest absolute Gasteiger partial charge is 0.153 e. The van der Waals surface area contributed by atoms with Crippen molar-refractivity contribution in [2.45, 2.75) is 52.5 Å². The Balaban J connectivity index is 2.32. The lowest BCUT2D eigenvalue weighted by Crippen LogP contribution is -2.10.